The van der Waals surface area contributed by atoms with Crippen LogP contribution < -0.4 is 0 Å². The van der Waals surface area contributed by atoms with Crippen LogP contribution in [0.2, 0.25) is 0 Å². The third-order valence-corrected chi connectivity index (χ3v) is 5.13. The van der Waals surface area contributed by atoms with Crippen molar-refractivity contribution in [3.63, 3.8) is 0 Å². The topological polar surface area (TPSA) is 54.5 Å². The molecule has 0 aliphatic heterocycles. The van der Waals surface area contributed by atoms with Gasteiger partial charge in [0.1, 0.15) is 11.5 Å². The minimum atomic E-state index is 0.577. The Bertz CT molecular complexity index is 1010. The number of aromatic nitrogens is 4. The van der Waals surface area contributed by atoms with Gasteiger partial charge in [0.2, 0.25) is 0 Å². The smallest absolute Gasteiger partial charge is 0.141 e. The molecule has 1 fully saturated rings. The second kappa shape index (κ2) is 4.36. The molecular formula is C17H14N4S. The number of benzene rings is 1. The number of fused-ring (bicyclic) bond motifs is 2. The van der Waals surface area contributed by atoms with Crippen LogP contribution in [0.5, 0.6) is 0 Å². The van der Waals surface area contributed by atoms with E-state index in [1.165, 1.54) is 23.1 Å². The molecule has 0 radical (unpaired) electrons. The number of aromatic amines is 1. The first-order valence-electron chi connectivity index (χ1n) is 7.49. The summed E-state index contributed by atoms with van der Waals surface area (Å²) in [6.45, 7) is 2.04. The second-order valence-corrected chi connectivity index (χ2v) is 7.12. The Morgan fingerprint density at radius 1 is 1.23 bits per heavy atom. The van der Waals surface area contributed by atoms with E-state index in [4.69, 9.17) is 0 Å². The van der Waals surface area contributed by atoms with Crippen molar-refractivity contribution in [2.45, 2.75) is 25.7 Å². The number of nitrogens with one attached hydrogen (secondary N) is 1. The van der Waals surface area contributed by atoms with Crippen LogP contribution in [-0.4, -0.2) is 19.9 Å². The van der Waals surface area contributed by atoms with E-state index in [1.54, 1.807) is 11.3 Å². The van der Waals surface area contributed by atoms with Crippen molar-refractivity contribution in [2.24, 2.45) is 0 Å². The first kappa shape index (κ1) is 12.3. The van der Waals surface area contributed by atoms with E-state index in [-0.39, 0.29) is 0 Å². The Morgan fingerprint density at radius 2 is 2.14 bits per heavy atom. The molecule has 0 atom stereocenters. The number of thiazole rings is 1. The maximum atomic E-state index is 4.67. The van der Waals surface area contributed by atoms with Crippen LogP contribution >= 0.6 is 11.3 Å². The first-order chi connectivity index (χ1) is 10.8. The van der Waals surface area contributed by atoms with Gasteiger partial charge in [-0.2, -0.15) is 0 Å². The monoisotopic (exact) mass is 306 g/mol. The lowest BCUT2D eigenvalue weighted by Crippen LogP contribution is -1.91. The molecule has 0 bridgehead atoms. The summed E-state index contributed by atoms with van der Waals surface area (Å²) >= 11 is 1.73. The minimum Gasteiger partial charge on any atom is -0.345 e. The van der Waals surface area contributed by atoms with Gasteiger partial charge in [-0.05, 0) is 37.5 Å². The summed E-state index contributed by atoms with van der Waals surface area (Å²) in [5.41, 5.74) is 4.35. The molecule has 4 aromatic rings. The van der Waals surface area contributed by atoms with Crippen molar-refractivity contribution in [1.82, 2.24) is 19.9 Å². The van der Waals surface area contributed by atoms with Gasteiger partial charge in [-0.1, -0.05) is 6.07 Å². The summed E-state index contributed by atoms with van der Waals surface area (Å²) < 4.78 is 1.22. The summed E-state index contributed by atoms with van der Waals surface area (Å²) in [5, 5.41) is 2.19. The number of aryl methyl sites for hydroxylation is 1. The van der Waals surface area contributed by atoms with Crippen molar-refractivity contribution in [3.8, 4) is 11.1 Å². The lowest BCUT2D eigenvalue weighted by molar-refractivity contribution is 0.943. The predicted molar refractivity (Wildman–Crippen MR) is 89.2 cm³/mol. The van der Waals surface area contributed by atoms with E-state index in [0.717, 1.165) is 32.9 Å². The van der Waals surface area contributed by atoms with Crippen LogP contribution in [0.3, 0.4) is 0 Å². The SMILES string of the molecule is Cc1nc2ccc(-c3c[nH]c4nc(C5CC5)ncc34)cc2s1. The number of rotatable bonds is 2. The highest BCUT2D eigenvalue weighted by molar-refractivity contribution is 7.18. The Morgan fingerprint density at radius 3 is 3.00 bits per heavy atom. The zero-order valence-electron chi connectivity index (χ0n) is 12.1. The van der Waals surface area contributed by atoms with Crippen molar-refractivity contribution in [1.29, 1.82) is 0 Å². The quantitative estimate of drug-likeness (QED) is 0.596. The molecule has 1 aliphatic carbocycles. The number of nitrogens with zero attached hydrogens (tertiary/aromatic N) is 3. The fourth-order valence-electron chi connectivity index (χ4n) is 2.91. The van der Waals surface area contributed by atoms with Gasteiger partial charge in [0.05, 0.1) is 15.2 Å². The maximum absolute atomic E-state index is 4.67. The van der Waals surface area contributed by atoms with E-state index in [1.807, 2.05) is 19.3 Å². The Labute approximate surface area is 131 Å². The van der Waals surface area contributed by atoms with E-state index >= 15 is 0 Å². The van der Waals surface area contributed by atoms with E-state index in [0.29, 0.717) is 5.92 Å². The molecule has 5 heteroatoms. The van der Waals surface area contributed by atoms with Gasteiger partial charge >= 0.3 is 0 Å². The summed E-state index contributed by atoms with van der Waals surface area (Å²) in [7, 11) is 0. The highest BCUT2D eigenvalue weighted by atomic mass is 32.1. The summed E-state index contributed by atoms with van der Waals surface area (Å²) in [4.78, 5) is 17.0. The minimum absolute atomic E-state index is 0.577. The third kappa shape index (κ3) is 1.85. The van der Waals surface area contributed by atoms with Crippen molar-refractivity contribution >= 4 is 32.6 Å². The second-order valence-electron chi connectivity index (χ2n) is 5.88. The molecule has 3 aromatic heterocycles. The van der Waals surface area contributed by atoms with Crippen LogP contribution in [0.15, 0.2) is 30.6 Å². The molecule has 1 aromatic carbocycles. The molecule has 3 heterocycles. The van der Waals surface area contributed by atoms with Crippen LogP contribution in [0.4, 0.5) is 0 Å². The largest absolute Gasteiger partial charge is 0.345 e. The summed E-state index contributed by atoms with van der Waals surface area (Å²) in [5.74, 6) is 1.56. The fourth-order valence-corrected chi connectivity index (χ4v) is 3.77. The number of H-pyrrole nitrogens is 1. The Kier molecular flexibility index (Phi) is 2.44. The molecule has 0 amide bonds. The zero-order valence-corrected chi connectivity index (χ0v) is 12.9. The predicted octanol–water partition coefficient (Wildman–Crippen LogP) is 4.42. The molecule has 1 saturated carbocycles. The molecule has 5 rings (SSSR count). The average molecular weight is 306 g/mol. The third-order valence-electron chi connectivity index (χ3n) is 4.20. The van der Waals surface area contributed by atoms with Gasteiger partial charge in [-0.3, -0.25) is 0 Å². The van der Waals surface area contributed by atoms with Gasteiger partial charge in [-0.25, -0.2) is 15.0 Å². The molecule has 4 nitrogen and oxygen atoms in total. The molecule has 0 unspecified atom stereocenters. The molecule has 108 valence electrons. The molecular weight excluding hydrogens is 292 g/mol. The molecule has 1 N–H and O–H groups in total. The Hall–Kier alpha value is -2.27. The summed E-state index contributed by atoms with van der Waals surface area (Å²) in [6.07, 6.45) is 6.44. The Balaban J connectivity index is 1.67. The summed E-state index contributed by atoms with van der Waals surface area (Å²) in [6, 6.07) is 6.42. The van der Waals surface area contributed by atoms with Gasteiger partial charge in [0, 0.05) is 29.3 Å². The van der Waals surface area contributed by atoms with E-state index < -0.39 is 0 Å². The van der Waals surface area contributed by atoms with Gasteiger partial charge in [-0.15, -0.1) is 11.3 Å². The molecule has 22 heavy (non-hydrogen) atoms. The van der Waals surface area contributed by atoms with E-state index in [2.05, 4.69) is 38.1 Å². The van der Waals surface area contributed by atoms with Gasteiger partial charge in [0.25, 0.3) is 0 Å². The van der Waals surface area contributed by atoms with Crippen molar-refractivity contribution in [3.05, 3.63) is 41.4 Å². The van der Waals surface area contributed by atoms with Crippen LogP contribution in [0.1, 0.15) is 29.6 Å². The molecule has 0 spiro atoms. The lowest BCUT2D eigenvalue weighted by atomic mass is 10.1. The van der Waals surface area contributed by atoms with Gasteiger partial charge < -0.3 is 4.98 Å². The standard InChI is InChI=1S/C17H14N4S/c1-9-20-14-5-4-11(6-15(14)22-9)12-7-19-17-13(12)8-18-16(21-17)10-2-3-10/h4-8,10H,2-3H2,1H3,(H,18,19,21). The van der Waals surface area contributed by atoms with Crippen LogP contribution in [0, 0.1) is 6.92 Å². The zero-order chi connectivity index (χ0) is 14.7. The van der Waals surface area contributed by atoms with Crippen LogP contribution in [-0.2, 0) is 0 Å². The fraction of sp³-hybridized carbons (Fsp3) is 0.235. The van der Waals surface area contributed by atoms with E-state index in [9.17, 15) is 0 Å². The van der Waals surface area contributed by atoms with Crippen LogP contribution in [0.25, 0.3) is 32.4 Å². The lowest BCUT2D eigenvalue weighted by Gasteiger charge is -2.00. The van der Waals surface area contributed by atoms with Gasteiger partial charge in [0.15, 0.2) is 0 Å². The highest BCUT2D eigenvalue weighted by Crippen LogP contribution is 2.39. The maximum Gasteiger partial charge on any atom is 0.141 e. The molecule has 1 aliphatic rings. The number of hydrogen-bond acceptors (Lipinski definition) is 4. The van der Waals surface area contributed by atoms with Crippen molar-refractivity contribution < 1.29 is 0 Å². The highest BCUT2D eigenvalue weighted by Gasteiger charge is 2.27. The molecule has 0 saturated heterocycles. The average Bonchev–Trinajstić information content (AvgIpc) is 3.18. The normalized spacial score (nSPS) is 15.0. The number of hydrogen-bond donors (Lipinski definition) is 1. The first-order valence-corrected chi connectivity index (χ1v) is 8.31. The van der Waals surface area contributed by atoms with Crippen molar-refractivity contribution in [2.75, 3.05) is 0 Å².